The second-order valence-corrected chi connectivity index (χ2v) is 5.09. The highest BCUT2D eigenvalue weighted by molar-refractivity contribution is 5.81. The van der Waals surface area contributed by atoms with Crippen molar-refractivity contribution in [2.24, 2.45) is 11.8 Å². The summed E-state index contributed by atoms with van der Waals surface area (Å²) >= 11 is 0. The molecule has 0 radical (unpaired) electrons. The number of Topliss-reactive ketones (excluding diaryl/α,β-unsaturated/α-hetero) is 1. The maximum Gasteiger partial charge on any atom is 0.136 e. The van der Waals surface area contributed by atoms with Gasteiger partial charge in [0.25, 0.3) is 0 Å². The van der Waals surface area contributed by atoms with Crippen LogP contribution in [0.3, 0.4) is 0 Å². The van der Waals surface area contributed by atoms with Crippen molar-refractivity contribution in [2.75, 3.05) is 0 Å². The van der Waals surface area contributed by atoms with Crippen LogP contribution in [-0.4, -0.2) is 5.78 Å². The average Bonchev–Trinajstić information content (AvgIpc) is 2.19. The summed E-state index contributed by atoms with van der Waals surface area (Å²) in [6.45, 7) is 8.20. The van der Waals surface area contributed by atoms with Gasteiger partial charge in [-0.1, -0.05) is 25.3 Å². The van der Waals surface area contributed by atoms with Gasteiger partial charge in [-0.3, -0.25) is 4.79 Å². The molecule has 0 bridgehead atoms. The quantitative estimate of drug-likeness (QED) is 0.621. The highest BCUT2D eigenvalue weighted by atomic mass is 16.1. The molecule has 0 aromatic carbocycles. The predicted octanol–water partition coefficient (Wildman–Crippen LogP) is 4.13. The van der Waals surface area contributed by atoms with Crippen LogP contribution in [-0.2, 0) is 4.79 Å². The molecule has 1 saturated carbocycles. The van der Waals surface area contributed by atoms with Gasteiger partial charge in [0.05, 0.1) is 0 Å². The van der Waals surface area contributed by atoms with Crippen LogP contribution < -0.4 is 0 Å². The van der Waals surface area contributed by atoms with Gasteiger partial charge in [0, 0.05) is 12.3 Å². The Kier molecular flexibility index (Phi) is 5.07. The number of hydrogen-bond donors (Lipinski definition) is 0. The summed E-state index contributed by atoms with van der Waals surface area (Å²) in [7, 11) is 0. The maximum absolute atomic E-state index is 11.7. The van der Waals surface area contributed by atoms with Crippen LogP contribution in [0.15, 0.2) is 12.2 Å². The van der Waals surface area contributed by atoms with E-state index < -0.39 is 0 Å². The fourth-order valence-electron chi connectivity index (χ4n) is 2.57. The molecule has 1 aliphatic rings. The minimum atomic E-state index is 0.340. The smallest absolute Gasteiger partial charge is 0.136 e. The van der Waals surface area contributed by atoms with Gasteiger partial charge in [0.1, 0.15) is 5.78 Å². The Bertz CT molecular complexity index is 229. The molecule has 1 fully saturated rings. The number of carbonyl (C=O) groups is 1. The van der Waals surface area contributed by atoms with E-state index in [0.717, 1.165) is 38.0 Å². The van der Waals surface area contributed by atoms with Crippen molar-refractivity contribution in [2.45, 2.75) is 58.8 Å². The molecule has 0 spiro atoms. The van der Waals surface area contributed by atoms with E-state index in [-0.39, 0.29) is 0 Å². The average molecular weight is 208 g/mol. The van der Waals surface area contributed by atoms with E-state index in [4.69, 9.17) is 0 Å². The molecule has 0 heterocycles. The monoisotopic (exact) mass is 208 g/mol. The molecule has 0 N–H and O–H groups in total. The van der Waals surface area contributed by atoms with Gasteiger partial charge in [-0.15, -0.1) is 6.58 Å². The van der Waals surface area contributed by atoms with Gasteiger partial charge in [0.2, 0.25) is 0 Å². The zero-order chi connectivity index (χ0) is 11.3. The standard InChI is InChI=1S/C14H24O/c1-4-5-12-7-9-14(15)13(10-12)8-6-11(2)3/h12-13H,2,4-10H2,1,3H3. The lowest BCUT2D eigenvalue weighted by molar-refractivity contribution is -0.125. The van der Waals surface area contributed by atoms with Gasteiger partial charge in [0.15, 0.2) is 0 Å². The van der Waals surface area contributed by atoms with Gasteiger partial charge >= 0.3 is 0 Å². The zero-order valence-corrected chi connectivity index (χ0v) is 10.2. The summed E-state index contributed by atoms with van der Waals surface area (Å²) in [5.74, 6) is 1.65. The van der Waals surface area contributed by atoms with Crippen LogP contribution in [0.5, 0.6) is 0 Å². The Morgan fingerprint density at radius 2 is 2.20 bits per heavy atom. The van der Waals surface area contributed by atoms with Crippen molar-refractivity contribution in [1.82, 2.24) is 0 Å². The van der Waals surface area contributed by atoms with E-state index in [2.05, 4.69) is 20.4 Å². The summed E-state index contributed by atoms with van der Waals surface area (Å²) in [5.41, 5.74) is 1.21. The topological polar surface area (TPSA) is 17.1 Å². The highest BCUT2D eigenvalue weighted by Crippen LogP contribution is 2.32. The second-order valence-electron chi connectivity index (χ2n) is 5.09. The van der Waals surface area contributed by atoms with E-state index in [1.165, 1.54) is 18.4 Å². The first-order valence-electron chi connectivity index (χ1n) is 6.30. The van der Waals surface area contributed by atoms with Gasteiger partial charge in [-0.25, -0.2) is 0 Å². The molecule has 2 atom stereocenters. The van der Waals surface area contributed by atoms with Gasteiger partial charge in [-0.05, 0) is 38.5 Å². The predicted molar refractivity (Wildman–Crippen MR) is 64.8 cm³/mol. The number of hydrogen-bond acceptors (Lipinski definition) is 1. The summed E-state index contributed by atoms with van der Waals surface area (Å²) in [5, 5.41) is 0. The lowest BCUT2D eigenvalue weighted by atomic mass is 9.76. The number of ketones is 1. The van der Waals surface area contributed by atoms with Gasteiger partial charge in [-0.2, -0.15) is 0 Å². The Morgan fingerprint density at radius 1 is 1.47 bits per heavy atom. The molecule has 1 heteroatoms. The molecule has 15 heavy (non-hydrogen) atoms. The van der Waals surface area contributed by atoms with E-state index in [0.29, 0.717) is 11.7 Å². The van der Waals surface area contributed by atoms with Crippen molar-refractivity contribution in [3.63, 3.8) is 0 Å². The van der Waals surface area contributed by atoms with Gasteiger partial charge < -0.3 is 0 Å². The van der Waals surface area contributed by atoms with Crippen LogP contribution in [0.1, 0.15) is 58.8 Å². The van der Waals surface area contributed by atoms with Crippen molar-refractivity contribution in [3.8, 4) is 0 Å². The van der Waals surface area contributed by atoms with Crippen molar-refractivity contribution >= 4 is 5.78 Å². The Hall–Kier alpha value is -0.590. The third-order valence-electron chi connectivity index (χ3n) is 3.49. The van der Waals surface area contributed by atoms with Crippen molar-refractivity contribution in [1.29, 1.82) is 0 Å². The lowest BCUT2D eigenvalue weighted by Crippen LogP contribution is -2.24. The molecule has 0 aromatic heterocycles. The van der Waals surface area contributed by atoms with Crippen LogP contribution in [0.4, 0.5) is 0 Å². The molecule has 0 aliphatic heterocycles. The third kappa shape index (κ3) is 4.19. The van der Waals surface area contributed by atoms with Crippen LogP contribution in [0.2, 0.25) is 0 Å². The fourth-order valence-corrected chi connectivity index (χ4v) is 2.57. The Labute approximate surface area is 93.9 Å². The number of carbonyl (C=O) groups excluding carboxylic acids is 1. The van der Waals surface area contributed by atoms with Crippen LogP contribution >= 0.6 is 0 Å². The first kappa shape index (κ1) is 12.5. The van der Waals surface area contributed by atoms with Crippen LogP contribution in [0.25, 0.3) is 0 Å². The van der Waals surface area contributed by atoms with E-state index in [9.17, 15) is 4.79 Å². The Balaban J connectivity index is 2.39. The molecule has 1 nitrogen and oxygen atoms in total. The van der Waals surface area contributed by atoms with E-state index >= 15 is 0 Å². The second kappa shape index (κ2) is 6.09. The normalized spacial score (nSPS) is 26.7. The highest BCUT2D eigenvalue weighted by Gasteiger charge is 2.27. The first-order valence-corrected chi connectivity index (χ1v) is 6.30. The van der Waals surface area contributed by atoms with E-state index in [1.54, 1.807) is 0 Å². The summed E-state index contributed by atoms with van der Waals surface area (Å²) in [4.78, 5) is 11.7. The molecular formula is C14H24O. The minimum Gasteiger partial charge on any atom is -0.299 e. The lowest BCUT2D eigenvalue weighted by Gasteiger charge is -2.28. The molecular weight excluding hydrogens is 184 g/mol. The minimum absolute atomic E-state index is 0.340. The third-order valence-corrected chi connectivity index (χ3v) is 3.49. The number of allylic oxidation sites excluding steroid dienone is 1. The van der Waals surface area contributed by atoms with Crippen molar-refractivity contribution < 1.29 is 4.79 Å². The molecule has 86 valence electrons. The summed E-state index contributed by atoms with van der Waals surface area (Å²) < 4.78 is 0. The molecule has 2 unspecified atom stereocenters. The number of rotatable bonds is 5. The molecule has 0 amide bonds. The maximum atomic E-state index is 11.7. The molecule has 0 aromatic rings. The molecule has 1 rings (SSSR count). The zero-order valence-electron chi connectivity index (χ0n) is 10.2. The first-order chi connectivity index (χ1) is 7.13. The van der Waals surface area contributed by atoms with Crippen molar-refractivity contribution in [3.05, 3.63) is 12.2 Å². The van der Waals surface area contributed by atoms with E-state index in [1.807, 2.05) is 0 Å². The fraction of sp³-hybridized carbons (Fsp3) is 0.786. The Morgan fingerprint density at radius 3 is 2.80 bits per heavy atom. The molecule has 1 aliphatic carbocycles. The SMILES string of the molecule is C=C(C)CCC1CC(CCC)CCC1=O. The molecule has 0 saturated heterocycles. The van der Waals surface area contributed by atoms with Crippen LogP contribution in [0, 0.1) is 11.8 Å². The largest absolute Gasteiger partial charge is 0.299 e. The summed E-state index contributed by atoms with van der Waals surface area (Å²) in [6.07, 6.45) is 7.72. The summed E-state index contributed by atoms with van der Waals surface area (Å²) in [6, 6.07) is 0.